The molecule has 2 fully saturated rings. The quantitative estimate of drug-likeness (QED) is 0.123. The average molecular weight is 733 g/mol. The lowest BCUT2D eigenvalue weighted by atomic mass is 9.71. The number of amides is 5. The molecule has 2 aromatic rings. The summed E-state index contributed by atoms with van der Waals surface area (Å²) in [7, 11) is 0. The molecule has 0 aromatic heterocycles. The minimum absolute atomic E-state index is 0.0105. The molecule has 2 aromatic carbocycles. The second-order valence-corrected chi connectivity index (χ2v) is 15.4. The molecule has 2 aliphatic heterocycles. The number of piperidine rings is 1. The molecule has 5 atom stereocenters. The molecule has 0 radical (unpaired) electrons. The Labute approximate surface area is 314 Å². The number of hydrogen-bond donors (Lipinski definition) is 6. The summed E-state index contributed by atoms with van der Waals surface area (Å²) in [5, 5.41) is 8.73. The van der Waals surface area contributed by atoms with Gasteiger partial charge in [0, 0.05) is 38.0 Å². The van der Waals surface area contributed by atoms with Gasteiger partial charge < -0.3 is 43.0 Å². The fourth-order valence-electron chi connectivity index (χ4n) is 7.24. The highest BCUT2D eigenvalue weighted by molar-refractivity contribution is 5.95. The molecule has 53 heavy (non-hydrogen) atoms. The van der Waals surface area contributed by atoms with Crippen LogP contribution in [0.1, 0.15) is 70.4 Å². The highest BCUT2D eigenvalue weighted by atomic mass is 16.2. The largest absolute Gasteiger partial charge is 0.343 e. The Morgan fingerprint density at radius 1 is 0.679 bits per heavy atom. The van der Waals surface area contributed by atoms with Crippen LogP contribution in [0.3, 0.4) is 0 Å². The Bertz CT molecular complexity index is 1510. The first-order valence-electron chi connectivity index (χ1n) is 19.1. The predicted octanol–water partition coefficient (Wildman–Crippen LogP) is 1.23. The first kappa shape index (κ1) is 41.4. The number of carbonyl (C=O) groups is 5. The Morgan fingerprint density at radius 2 is 1.21 bits per heavy atom. The van der Waals surface area contributed by atoms with Crippen molar-refractivity contribution in [3.8, 4) is 0 Å². The summed E-state index contributed by atoms with van der Waals surface area (Å²) in [6.07, 6.45) is 4.11. The molecule has 290 valence electrons. The summed E-state index contributed by atoms with van der Waals surface area (Å²) in [6.45, 7) is 8.41. The second-order valence-electron chi connectivity index (χ2n) is 15.4. The number of likely N-dealkylation sites (tertiary alicyclic amines) is 2. The Morgan fingerprint density at radius 3 is 1.75 bits per heavy atom. The maximum atomic E-state index is 14.0. The molecule has 2 aliphatic rings. The minimum Gasteiger partial charge on any atom is -0.343 e. The number of unbranched alkanes of at least 4 members (excludes halogenated alkanes) is 1. The number of benzene rings is 2. The van der Waals surface area contributed by atoms with Gasteiger partial charge in [0.05, 0.1) is 12.1 Å². The molecule has 2 heterocycles. The molecule has 0 bridgehead atoms. The highest BCUT2D eigenvalue weighted by Gasteiger charge is 2.48. The third kappa shape index (κ3) is 12.1. The van der Waals surface area contributed by atoms with E-state index in [1.807, 2.05) is 74.5 Å². The molecule has 9 N–H and O–H groups in total. The number of rotatable bonds is 18. The molecule has 1 unspecified atom stereocenters. The number of hydrogen-bond acceptors (Lipinski definition) is 8. The van der Waals surface area contributed by atoms with E-state index >= 15 is 0 Å². The van der Waals surface area contributed by atoms with Gasteiger partial charge in [0.25, 0.3) is 0 Å². The van der Waals surface area contributed by atoms with Crippen LogP contribution in [0.4, 0.5) is 0 Å². The van der Waals surface area contributed by atoms with Crippen LogP contribution in [0.15, 0.2) is 60.7 Å². The van der Waals surface area contributed by atoms with Gasteiger partial charge in [-0.2, -0.15) is 0 Å². The third-order valence-electron chi connectivity index (χ3n) is 10.3. The topological polar surface area (TPSA) is 206 Å². The summed E-state index contributed by atoms with van der Waals surface area (Å²) in [6, 6.07) is 14.6. The lowest BCUT2D eigenvalue weighted by Gasteiger charge is -2.54. The van der Waals surface area contributed by atoms with E-state index < -0.39 is 47.9 Å². The van der Waals surface area contributed by atoms with E-state index in [1.165, 1.54) is 0 Å². The van der Waals surface area contributed by atoms with Gasteiger partial charge >= 0.3 is 0 Å². The zero-order valence-corrected chi connectivity index (χ0v) is 31.6. The number of nitrogens with one attached hydrogen (secondary N) is 3. The van der Waals surface area contributed by atoms with Crippen LogP contribution in [0.2, 0.25) is 0 Å². The van der Waals surface area contributed by atoms with Crippen molar-refractivity contribution in [3.63, 3.8) is 0 Å². The Hall–Kier alpha value is -4.33. The molecule has 13 nitrogen and oxygen atoms in total. The normalized spacial score (nSPS) is 17.9. The summed E-state index contributed by atoms with van der Waals surface area (Å²) >= 11 is 0. The zero-order valence-electron chi connectivity index (χ0n) is 31.6. The van der Waals surface area contributed by atoms with E-state index in [1.54, 1.807) is 16.7 Å². The minimum atomic E-state index is -0.998. The fraction of sp³-hybridized carbons (Fsp3) is 0.575. The first-order chi connectivity index (χ1) is 25.3. The van der Waals surface area contributed by atoms with Crippen LogP contribution in [-0.2, 0) is 36.8 Å². The smallest absolute Gasteiger partial charge is 0.245 e. The van der Waals surface area contributed by atoms with Gasteiger partial charge in [-0.3, -0.25) is 24.0 Å². The lowest BCUT2D eigenvalue weighted by molar-refractivity contribution is -0.152. The standard InChI is InChI=1S/C40H60N8O5/c1-27(2)22-33(46-37(51)34(24-30-14-8-5-9-15-30)45-35(49)31(43)23-29-12-6-4-7-13-29)36(50)44-32(16-10-11-19-41)39(53)47-20-17-40(18-21-47)25-48(26-40)38(52)28(3)42/h4-9,12-15,27-28,31-34H,10-11,16-26,41-43H2,1-3H3,(H,44,50)(H,45,49)(H,46,51)/t28-,31-,32-,33?,34-/m1/s1. The molecule has 0 saturated carbocycles. The Kier molecular flexibility index (Phi) is 15.4. The van der Waals surface area contributed by atoms with Crippen molar-refractivity contribution in [2.45, 2.75) is 102 Å². The molecule has 4 rings (SSSR count). The molecule has 1 spiro atoms. The molecular weight excluding hydrogens is 672 g/mol. The van der Waals surface area contributed by atoms with Crippen LogP contribution in [0.25, 0.3) is 0 Å². The molecular formula is C40H60N8O5. The molecule has 2 saturated heterocycles. The molecule has 13 heteroatoms. The van der Waals surface area contributed by atoms with E-state index in [9.17, 15) is 24.0 Å². The number of carbonyl (C=O) groups excluding carboxylic acids is 5. The van der Waals surface area contributed by atoms with E-state index in [2.05, 4.69) is 16.0 Å². The van der Waals surface area contributed by atoms with Crippen molar-refractivity contribution in [2.75, 3.05) is 32.7 Å². The van der Waals surface area contributed by atoms with Gasteiger partial charge in [-0.15, -0.1) is 0 Å². The van der Waals surface area contributed by atoms with E-state index in [0.717, 1.165) is 24.0 Å². The zero-order chi connectivity index (χ0) is 38.5. The predicted molar refractivity (Wildman–Crippen MR) is 205 cm³/mol. The summed E-state index contributed by atoms with van der Waals surface area (Å²) < 4.78 is 0. The SMILES string of the molecule is CC(C)CC(NC(=O)[C@@H](Cc1ccccc1)NC(=O)[C@H](N)Cc1ccccc1)C(=O)N[C@H](CCCCN)C(=O)N1CCC2(CC1)CN(C(=O)[C@@H](C)N)C2. The van der Waals surface area contributed by atoms with Crippen molar-refractivity contribution in [2.24, 2.45) is 28.5 Å². The van der Waals surface area contributed by atoms with Gasteiger partial charge in [0.15, 0.2) is 0 Å². The van der Waals surface area contributed by atoms with Gasteiger partial charge in [-0.05, 0) is 75.5 Å². The first-order valence-corrected chi connectivity index (χ1v) is 19.1. The van der Waals surface area contributed by atoms with E-state index in [-0.39, 0.29) is 29.6 Å². The van der Waals surface area contributed by atoms with Crippen LogP contribution in [-0.4, -0.2) is 102 Å². The van der Waals surface area contributed by atoms with Crippen LogP contribution >= 0.6 is 0 Å². The van der Waals surface area contributed by atoms with Crippen molar-refractivity contribution >= 4 is 29.5 Å². The lowest BCUT2D eigenvalue weighted by Crippen LogP contribution is -2.65. The van der Waals surface area contributed by atoms with E-state index in [4.69, 9.17) is 17.2 Å². The number of nitrogens with two attached hydrogens (primary N) is 3. The van der Waals surface area contributed by atoms with Crippen LogP contribution in [0.5, 0.6) is 0 Å². The summed E-state index contributed by atoms with van der Waals surface area (Å²) in [4.78, 5) is 71.1. The van der Waals surface area contributed by atoms with Gasteiger partial charge in [0.1, 0.15) is 18.1 Å². The molecule has 5 amide bonds. The molecule has 0 aliphatic carbocycles. The monoisotopic (exact) mass is 732 g/mol. The highest BCUT2D eigenvalue weighted by Crippen LogP contribution is 2.40. The van der Waals surface area contributed by atoms with Crippen molar-refractivity contribution in [1.82, 2.24) is 25.8 Å². The van der Waals surface area contributed by atoms with Gasteiger partial charge in [-0.25, -0.2) is 0 Å². The summed E-state index contributed by atoms with van der Waals surface area (Å²) in [5.41, 5.74) is 19.6. The average Bonchev–Trinajstić information content (AvgIpc) is 3.12. The maximum absolute atomic E-state index is 14.0. The number of nitrogens with zero attached hydrogens (tertiary/aromatic N) is 2. The van der Waals surface area contributed by atoms with Crippen LogP contribution in [0, 0.1) is 11.3 Å². The third-order valence-corrected chi connectivity index (χ3v) is 10.3. The summed E-state index contributed by atoms with van der Waals surface area (Å²) in [5.74, 6) is -1.63. The van der Waals surface area contributed by atoms with Crippen molar-refractivity contribution in [3.05, 3.63) is 71.8 Å². The fourth-order valence-corrected chi connectivity index (χ4v) is 7.24. The Balaban J connectivity index is 1.44. The second kappa shape index (κ2) is 19.7. The van der Waals surface area contributed by atoms with Gasteiger partial charge in [0.2, 0.25) is 29.5 Å². The van der Waals surface area contributed by atoms with E-state index in [0.29, 0.717) is 64.8 Å². The van der Waals surface area contributed by atoms with Crippen LogP contribution < -0.4 is 33.2 Å². The van der Waals surface area contributed by atoms with Gasteiger partial charge in [-0.1, -0.05) is 74.5 Å². The van der Waals surface area contributed by atoms with Crippen molar-refractivity contribution < 1.29 is 24.0 Å². The van der Waals surface area contributed by atoms with Crippen molar-refractivity contribution in [1.29, 1.82) is 0 Å². The maximum Gasteiger partial charge on any atom is 0.245 e.